The predicted molar refractivity (Wildman–Crippen MR) is 98.7 cm³/mol. The molecular weight excluding hydrogens is 513 g/mol. The fourth-order valence-electron chi connectivity index (χ4n) is 2.20. The van der Waals surface area contributed by atoms with Gasteiger partial charge in [0.1, 0.15) is 35.5 Å². The van der Waals surface area contributed by atoms with Crippen molar-refractivity contribution in [3.63, 3.8) is 0 Å². The molecular formula is C19H13ClF9NO4. The monoisotopic (exact) mass is 525 g/mol. The van der Waals surface area contributed by atoms with Gasteiger partial charge in [-0.3, -0.25) is 0 Å². The molecule has 15 heteroatoms. The molecule has 2 aromatic rings. The van der Waals surface area contributed by atoms with Crippen LogP contribution in [0.25, 0.3) is 0 Å². The van der Waals surface area contributed by atoms with Crippen LogP contribution in [0.5, 0.6) is 17.2 Å². The Morgan fingerprint density at radius 2 is 1.53 bits per heavy atom. The first-order valence-corrected chi connectivity index (χ1v) is 9.29. The van der Waals surface area contributed by atoms with Crippen LogP contribution in [0.3, 0.4) is 0 Å². The Bertz CT molecular complexity index is 998. The number of hydrogen-bond acceptors (Lipinski definition) is 4. The molecule has 0 heterocycles. The summed E-state index contributed by atoms with van der Waals surface area (Å²) >= 11 is 5.97. The second-order valence-electron chi connectivity index (χ2n) is 6.43. The highest BCUT2D eigenvalue weighted by Gasteiger charge is 2.73. The molecule has 0 fully saturated rings. The largest absolute Gasteiger partial charge is 0.490 e. The molecule has 0 radical (unpaired) electrons. The number of alkyl carbamates (subject to hydrolysis) is 1. The van der Waals surface area contributed by atoms with Gasteiger partial charge in [0.05, 0.1) is 11.6 Å². The average Bonchev–Trinajstić information content (AvgIpc) is 2.69. The highest BCUT2D eigenvalue weighted by atomic mass is 35.5. The zero-order valence-electron chi connectivity index (χ0n) is 16.5. The first kappa shape index (κ1) is 27.2. The Morgan fingerprint density at radius 3 is 2.09 bits per heavy atom. The molecule has 0 aromatic heterocycles. The molecule has 1 amide bonds. The van der Waals surface area contributed by atoms with Crippen molar-refractivity contribution in [3.05, 3.63) is 53.1 Å². The van der Waals surface area contributed by atoms with E-state index in [1.54, 1.807) is 5.32 Å². The number of carbonyl (C=O) groups is 1. The van der Waals surface area contributed by atoms with Crippen molar-refractivity contribution in [2.24, 2.45) is 0 Å². The minimum absolute atomic E-state index is 0.0333. The molecule has 0 spiro atoms. The fourth-order valence-corrected chi connectivity index (χ4v) is 2.43. The van der Waals surface area contributed by atoms with E-state index in [9.17, 15) is 44.3 Å². The minimum Gasteiger partial charge on any atom is -0.490 e. The number of nitrogens with one attached hydrogen (secondary N) is 1. The molecule has 5 nitrogen and oxygen atoms in total. The Hall–Kier alpha value is -3.03. The third-order valence-corrected chi connectivity index (χ3v) is 4.10. The van der Waals surface area contributed by atoms with Crippen LogP contribution in [0.15, 0.2) is 36.4 Å². The molecule has 2 rings (SSSR count). The molecule has 0 aliphatic rings. The first-order valence-electron chi connectivity index (χ1n) is 8.91. The molecule has 2 aromatic carbocycles. The normalized spacial score (nSPS) is 12.3. The second-order valence-corrected chi connectivity index (χ2v) is 6.83. The van der Waals surface area contributed by atoms with Crippen molar-refractivity contribution in [3.8, 4) is 17.2 Å². The van der Waals surface area contributed by atoms with E-state index in [4.69, 9.17) is 21.1 Å². The third kappa shape index (κ3) is 6.98. The van der Waals surface area contributed by atoms with E-state index in [1.165, 1.54) is 18.2 Å². The lowest BCUT2D eigenvalue weighted by molar-refractivity contribution is -0.359. The first-order chi connectivity index (χ1) is 15.6. The number of alkyl halides is 7. The number of rotatable bonds is 9. The van der Waals surface area contributed by atoms with Crippen LogP contribution in [0, 0.1) is 11.6 Å². The van der Waals surface area contributed by atoms with E-state index < -0.39 is 48.9 Å². The smallest absolute Gasteiger partial charge is 0.460 e. The predicted octanol–water partition coefficient (Wildman–Crippen LogP) is 6.35. The standard InChI is InChI=1S/C19H13ClF9NO4/c20-14-8-12(34-13-6-10(21)5-11(22)7-13)1-2-15(14)32-4-3-30-16(31)33-9-17(23,24)18(25,26)19(27,28)29/h1-2,5-8H,3-4,9H2,(H,30,31). The van der Waals surface area contributed by atoms with E-state index in [1.807, 2.05) is 0 Å². The van der Waals surface area contributed by atoms with Gasteiger partial charge in [-0.15, -0.1) is 0 Å². The van der Waals surface area contributed by atoms with Crippen molar-refractivity contribution >= 4 is 17.7 Å². The van der Waals surface area contributed by atoms with Gasteiger partial charge in [0.25, 0.3) is 0 Å². The van der Waals surface area contributed by atoms with Crippen molar-refractivity contribution < 1.29 is 58.5 Å². The molecule has 0 unspecified atom stereocenters. The van der Waals surface area contributed by atoms with Gasteiger partial charge in [-0.25, -0.2) is 13.6 Å². The number of amides is 1. The van der Waals surface area contributed by atoms with E-state index in [0.717, 1.165) is 12.1 Å². The van der Waals surface area contributed by atoms with Crippen LogP contribution in [0.1, 0.15) is 0 Å². The van der Waals surface area contributed by atoms with Crippen LogP contribution < -0.4 is 14.8 Å². The lowest BCUT2D eigenvalue weighted by atomic mass is 10.2. The summed E-state index contributed by atoms with van der Waals surface area (Å²) in [4.78, 5) is 11.3. The number of hydrogen-bond donors (Lipinski definition) is 1. The van der Waals surface area contributed by atoms with E-state index in [2.05, 4.69) is 4.74 Å². The zero-order valence-corrected chi connectivity index (χ0v) is 17.3. The Labute approximate surface area is 190 Å². The molecule has 34 heavy (non-hydrogen) atoms. The summed E-state index contributed by atoms with van der Waals surface area (Å²) in [6.07, 6.45) is -8.24. The summed E-state index contributed by atoms with van der Waals surface area (Å²) in [5.74, 6) is -13.9. The number of benzene rings is 2. The highest BCUT2D eigenvalue weighted by Crippen LogP contribution is 2.46. The van der Waals surface area contributed by atoms with Crippen molar-refractivity contribution in [1.29, 1.82) is 0 Å². The summed E-state index contributed by atoms with van der Waals surface area (Å²) in [6.45, 7) is -3.30. The van der Waals surface area contributed by atoms with Crippen LogP contribution in [0.2, 0.25) is 5.02 Å². The maximum absolute atomic E-state index is 13.2. The Kier molecular flexibility index (Phi) is 8.40. The van der Waals surface area contributed by atoms with Crippen LogP contribution in [-0.4, -0.2) is 43.9 Å². The molecule has 1 N–H and O–H groups in total. The topological polar surface area (TPSA) is 56.8 Å². The Morgan fingerprint density at radius 1 is 0.912 bits per heavy atom. The Balaban J connectivity index is 1.80. The van der Waals surface area contributed by atoms with E-state index in [-0.39, 0.29) is 28.9 Å². The maximum atomic E-state index is 13.2. The third-order valence-electron chi connectivity index (χ3n) is 3.80. The summed E-state index contributed by atoms with van der Waals surface area (Å²) < 4.78 is 128. The highest BCUT2D eigenvalue weighted by molar-refractivity contribution is 6.32. The van der Waals surface area contributed by atoms with Crippen molar-refractivity contribution in [2.45, 2.75) is 18.0 Å². The average molecular weight is 526 g/mol. The maximum Gasteiger partial charge on any atom is 0.460 e. The lowest BCUT2D eigenvalue weighted by Gasteiger charge is -2.27. The van der Waals surface area contributed by atoms with E-state index in [0.29, 0.717) is 6.07 Å². The summed E-state index contributed by atoms with van der Waals surface area (Å²) in [7, 11) is 0. The zero-order chi connectivity index (χ0) is 25.7. The minimum atomic E-state index is -6.54. The molecule has 0 aliphatic carbocycles. The summed E-state index contributed by atoms with van der Waals surface area (Å²) in [5.41, 5.74) is 0. The second kappa shape index (κ2) is 10.5. The lowest BCUT2D eigenvalue weighted by Crippen LogP contribution is -2.54. The van der Waals surface area contributed by atoms with Gasteiger partial charge in [0.2, 0.25) is 0 Å². The van der Waals surface area contributed by atoms with Gasteiger partial charge < -0.3 is 19.5 Å². The number of ether oxygens (including phenoxy) is 3. The molecule has 0 bridgehead atoms. The van der Waals surface area contributed by atoms with Crippen molar-refractivity contribution in [2.75, 3.05) is 19.8 Å². The summed E-state index contributed by atoms with van der Waals surface area (Å²) in [6, 6.07) is 6.31. The van der Waals surface area contributed by atoms with Gasteiger partial charge in [-0.2, -0.15) is 30.7 Å². The van der Waals surface area contributed by atoms with Gasteiger partial charge in [0.15, 0.2) is 6.61 Å². The van der Waals surface area contributed by atoms with Crippen molar-refractivity contribution in [1.82, 2.24) is 5.32 Å². The van der Waals surface area contributed by atoms with Gasteiger partial charge in [-0.05, 0) is 12.1 Å². The number of halogens is 10. The quantitative estimate of drug-likeness (QED) is 0.306. The van der Waals surface area contributed by atoms with Crippen LogP contribution in [0.4, 0.5) is 44.3 Å². The van der Waals surface area contributed by atoms with Crippen LogP contribution >= 0.6 is 11.6 Å². The number of carbonyl (C=O) groups excluding carboxylic acids is 1. The molecule has 188 valence electrons. The van der Waals surface area contributed by atoms with Gasteiger partial charge in [0, 0.05) is 24.3 Å². The van der Waals surface area contributed by atoms with Gasteiger partial charge in [-0.1, -0.05) is 11.6 Å². The SMILES string of the molecule is O=C(NCCOc1ccc(Oc2cc(F)cc(F)c2)cc1Cl)OCC(F)(F)C(F)(F)C(F)(F)F. The molecule has 0 saturated heterocycles. The summed E-state index contributed by atoms with van der Waals surface area (Å²) in [5, 5.41) is 1.77. The molecule has 0 saturated carbocycles. The fraction of sp³-hybridized carbons (Fsp3) is 0.316. The molecule has 0 aliphatic heterocycles. The molecule has 0 atom stereocenters. The van der Waals surface area contributed by atoms with Gasteiger partial charge >= 0.3 is 24.1 Å². The van der Waals surface area contributed by atoms with E-state index >= 15 is 0 Å². The van der Waals surface area contributed by atoms with Crippen LogP contribution in [-0.2, 0) is 4.74 Å².